The fourth-order valence-electron chi connectivity index (χ4n) is 1.88. The fraction of sp³-hybridized carbons (Fsp3) is 0.250. The maximum atomic E-state index is 12.5. The van der Waals surface area contributed by atoms with E-state index in [4.69, 9.17) is 0 Å². The van der Waals surface area contributed by atoms with Gasteiger partial charge in [-0.15, -0.1) is 17.0 Å². The molecule has 1 atom stereocenters. The molecular weight excluding hydrogens is 382 g/mol. The summed E-state index contributed by atoms with van der Waals surface area (Å²) in [7, 11) is 0. The Hall–Kier alpha value is -1.00. The van der Waals surface area contributed by atoms with Gasteiger partial charge in [-0.05, 0) is 35.2 Å². The molecular formula is C16H17Br2NO. The summed E-state index contributed by atoms with van der Waals surface area (Å²) in [6.45, 7) is 4.25. The van der Waals surface area contributed by atoms with Crippen molar-refractivity contribution in [2.24, 2.45) is 0 Å². The maximum Gasteiger partial charge on any atom is 0.180 e. The molecule has 1 unspecified atom stereocenters. The summed E-state index contributed by atoms with van der Waals surface area (Å²) in [6, 6.07) is 11.5. The van der Waals surface area contributed by atoms with Crippen molar-refractivity contribution in [1.82, 2.24) is 4.98 Å². The lowest BCUT2D eigenvalue weighted by atomic mass is 9.97. The van der Waals surface area contributed by atoms with Crippen molar-refractivity contribution >= 4 is 38.7 Å². The Bertz CT molecular complexity index is 570. The third-order valence-corrected chi connectivity index (χ3v) is 4.01. The molecule has 1 aromatic heterocycles. The third-order valence-electron chi connectivity index (χ3n) is 3.07. The largest absolute Gasteiger partial charge is 0.293 e. The van der Waals surface area contributed by atoms with E-state index < -0.39 is 0 Å². The van der Waals surface area contributed by atoms with Gasteiger partial charge in [0.25, 0.3) is 0 Å². The second-order valence-electron chi connectivity index (χ2n) is 4.79. The molecule has 0 saturated heterocycles. The number of carbonyl (C=O) groups is 1. The Kier molecular flexibility index (Phi) is 6.56. The molecule has 0 aliphatic rings. The van der Waals surface area contributed by atoms with E-state index in [1.165, 1.54) is 5.56 Å². The maximum absolute atomic E-state index is 12.5. The highest BCUT2D eigenvalue weighted by Gasteiger charge is 2.19. The highest BCUT2D eigenvalue weighted by Crippen LogP contribution is 2.27. The van der Waals surface area contributed by atoms with Gasteiger partial charge in [0.2, 0.25) is 0 Å². The average Bonchev–Trinajstić information content (AvgIpc) is 2.46. The Morgan fingerprint density at radius 2 is 1.75 bits per heavy atom. The third kappa shape index (κ3) is 4.00. The van der Waals surface area contributed by atoms with Gasteiger partial charge in [-0.3, -0.25) is 9.78 Å². The molecule has 1 aromatic carbocycles. The van der Waals surface area contributed by atoms with Gasteiger partial charge in [0.05, 0.1) is 0 Å². The number of alkyl halides is 1. The predicted molar refractivity (Wildman–Crippen MR) is 91.1 cm³/mol. The van der Waals surface area contributed by atoms with E-state index >= 15 is 0 Å². The van der Waals surface area contributed by atoms with Crippen LogP contribution in [0.4, 0.5) is 0 Å². The molecule has 0 radical (unpaired) electrons. The fourth-order valence-corrected chi connectivity index (χ4v) is 2.45. The number of pyridine rings is 1. The molecule has 0 amide bonds. The summed E-state index contributed by atoms with van der Waals surface area (Å²) in [5, 5.41) is 0. The first-order chi connectivity index (χ1) is 9.09. The Balaban J connectivity index is 0.00000200. The van der Waals surface area contributed by atoms with Crippen molar-refractivity contribution in [3.05, 3.63) is 65.5 Å². The van der Waals surface area contributed by atoms with Crippen molar-refractivity contribution < 1.29 is 4.79 Å². The number of halogens is 2. The molecule has 0 saturated carbocycles. The SMILES string of the molecule is Br.CC(C)c1cccc(C(=O)C(Br)c2ccncc2)c1. The van der Waals surface area contributed by atoms with E-state index in [0.29, 0.717) is 5.92 Å². The minimum Gasteiger partial charge on any atom is -0.293 e. The number of benzene rings is 1. The molecule has 106 valence electrons. The normalized spacial score (nSPS) is 11.8. The number of rotatable bonds is 4. The molecule has 0 N–H and O–H groups in total. The molecule has 0 aliphatic carbocycles. The van der Waals surface area contributed by atoms with Crippen molar-refractivity contribution in [3.63, 3.8) is 0 Å². The summed E-state index contributed by atoms with van der Waals surface area (Å²) in [4.78, 5) is 16.1. The van der Waals surface area contributed by atoms with Gasteiger partial charge < -0.3 is 0 Å². The second kappa shape index (κ2) is 7.70. The minimum atomic E-state index is -0.321. The van der Waals surface area contributed by atoms with Crippen LogP contribution in [-0.2, 0) is 0 Å². The number of Topliss-reactive ketones (excluding diaryl/α,β-unsaturated/α-hetero) is 1. The van der Waals surface area contributed by atoms with E-state index in [0.717, 1.165) is 11.1 Å². The Morgan fingerprint density at radius 1 is 1.10 bits per heavy atom. The lowest BCUT2D eigenvalue weighted by Crippen LogP contribution is -2.07. The van der Waals surface area contributed by atoms with E-state index in [9.17, 15) is 4.79 Å². The topological polar surface area (TPSA) is 30.0 Å². The zero-order valence-electron chi connectivity index (χ0n) is 11.4. The lowest BCUT2D eigenvalue weighted by molar-refractivity contribution is 0.0991. The van der Waals surface area contributed by atoms with Crippen LogP contribution in [0.5, 0.6) is 0 Å². The molecule has 20 heavy (non-hydrogen) atoms. The highest BCUT2D eigenvalue weighted by molar-refractivity contribution is 9.09. The molecule has 0 bridgehead atoms. The monoisotopic (exact) mass is 397 g/mol. The summed E-state index contributed by atoms with van der Waals surface area (Å²) >= 11 is 3.47. The number of hydrogen-bond donors (Lipinski definition) is 0. The predicted octanol–water partition coefficient (Wildman–Crippen LogP) is 5.10. The van der Waals surface area contributed by atoms with Crippen LogP contribution in [0.15, 0.2) is 48.8 Å². The van der Waals surface area contributed by atoms with Crippen molar-refractivity contribution in [2.45, 2.75) is 24.6 Å². The van der Waals surface area contributed by atoms with Crippen molar-refractivity contribution in [2.75, 3.05) is 0 Å². The first-order valence-corrected chi connectivity index (χ1v) is 7.19. The van der Waals surface area contributed by atoms with E-state index in [2.05, 4.69) is 40.8 Å². The number of ketones is 1. The van der Waals surface area contributed by atoms with E-state index in [1.54, 1.807) is 12.4 Å². The van der Waals surface area contributed by atoms with Gasteiger partial charge >= 0.3 is 0 Å². The minimum absolute atomic E-state index is 0. The molecule has 0 spiro atoms. The Morgan fingerprint density at radius 3 is 2.35 bits per heavy atom. The molecule has 0 fully saturated rings. The van der Waals surface area contributed by atoms with E-state index in [1.807, 2.05) is 30.3 Å². The number of aromatic nitrogens is 1. The first kappa shape index (κ1) is 17.1. The summed E-state index contributed by atoms with van der Waals surface area (Å²) < 4.78 is 0. The zero-order chi connectivity index (χ0) is 13.8. The van der Waals surface area contributed by atoms with E-state index in [-0.39, 0.29) is 27.6 Å². The van der Waals surface area contributed by atoms with Gasteiger partial charge in [-0.25, -0.2) is 0 Å². The lowest BCUT2D eigenvalue weighted by Gasteiger charge is -2.11. The van der Waals surface area contributed by atoms with Gasteiger partial charge in [0.15, 0.2) is 5.78 Å². The van der Waals surface area contributed by atoms with Gasteiger partial charge in [0.1, 0.15) is 4.83 Å². The quantitative estimate of drug-likeness (QED) is 0.529. The highest BCUT2D eigenvalue weighted by atomic mass is 79.9. The van der Waals surface area contributed by atoms with Gasteiger partial charge in [-0.1, -0.05) is 48.0 Å². The molecule has 2 aromatic rings. The van der Waals surface area contributed by atoms with Crippen molar-refractivity contribution in [3.8, 4) is 0 Å². The molecule has 1 heterocycles. The first-order valence-electron chi connectivity index (χ1n) is 6.27. The molecule has 4 heteroatoms. The number of hydrogen-bond acceptors (Lipinski definition) is 2. The van der Waals surface area contributed by atoms with Crippen LogP contribution >= 0.6 is 32.9 Å². The molecule has 0 aliphatic heterocycles. The average molecular weight is 399 g/mol. The summed E-state index contributed by atoms with van der Waals surface area (Å²) in [6.07, 6.45) is 3.39. The van der Waals surface area contributed by atoms with Crippen LogP contribution in [0.3, 0.4) is 0 Å². The number of nitrogens with zero attached hydrogens (tertiary/aromatic N) is 1. The van der Waals surface area contributed by atoms with Crippen molar-refractivity contribution in [1.29, 1.82) is 0 Å². The standard InChI is InChI=1S/C16H16BrNO.BrH/c1-11(2)13-4-3-5-14(10-13)16(19)15(17)12-6-8-18-9-7-12;/h3-11,15H,1-2H3;1H. The van der Waals surface area contributed by atoms with Crippen LogP contribution in [0.25, 0.3) is 0 Å². The molecule has 2 rings (SSSR count). The van der Waals surface area contributed by atoms with Crippen LogP contribution in [0, 0.1) is 0 Å². The van der Waals surface area contributed by atoms with Crippen LogP contribution in [0.1, 0.15) is 46.1 Å². The Labute approximate surface area is 138 Å². The van der Waals surface area contributed by atoms with Crippen LogP contribution in [-0.4, -0.2) is 10.8 Å². The van der Waals surface area contributed by atoms with Crippen LogP contribution < -0.4 is 0 Å². The molecule has 2 nitrogen and oxygen atoms in total. The van der Waals surface area contributed by atoms with Gasteiger partial charge in [-0.2, -0.15) is 0 Å². The summed E-state index contributed by atoms with van der Waals surface area (Å²) in [5.41, 5.74) is 2.85. The smallest absolute Gasteiger partial charge is 0.180 e. The number of carbonyl (C=O) groups excluding carboxylic acids is 1. The summed E-state index contributed by atoms with van der Waals surface area (Å²) in [5.74, 6) is 0.496. The van der Waals surface area contributed by atoms with Gasteiger partial charge in [0, 0.05) is 18.0 Å². The second-order valence-corrected chi connectivity index (χ2v) is 5.70. The van der Waals surface area contributed by atoms with Crippen LogP contribution in [0.2, 0.25) is 0 Å². The zero-order valence-corrected chi connectivity index (χ0v) is 14.7.